The molecule has 15 heavy (non-hydrogen) atoms. The average molecular weight is 209 g/mol. The number of aliphatic imine (C=N–C) groups is 1. The van der Waals surface area contributed by atoms with Gasteiger partial charge in [-0.15, -0.1) is 0 Å². The van der Waals surface area contributed by atoms with Gasteiger partial charge in [-0.1, -0.05) is 6.42 Å². The van der Waals surface area contributed by atoms with E-state index in [1.165, 1.54) is 19.3 Å². The summed E-state index contributed by atoms with van der Waals surface area (Å²) >= 11 is 0. The number of amides is 2. The molecule has 1 aliphatic rings. The van der Waals surface area contributed by atoms with E-state index >= 15 is 0 Å². The first-order valence-electron chi connectivity index (χ1n) is 5.27. The summed E-state index contributed by atoms with van der Waals surface area (Å²) in [6, 6.07) is -0.518. The molecule has 0 radical (unpaired) electrons. The highest BCUT2D eigenvalue weighted by Gasteiger charge is 2.24. The molecule has 2 amide bonds. The summed E-state index contributed by atoms with van der Waals surface area (Å²) in [5, 5.41) is 2.60. The van der Waals surface area contributed by atoms with Gasteiger partial charge in [0.25, 0.3) is 0 Å². The Labute approximate surface area is 90.6 Å². The Balaban J connectivity index is 2.78. The number of hydrogen-bond donors (Lipinski definition) is 2. The highest BCUT2D eigenvalue weighted by molar-refractivity contribution is 6.02. The first kappa shape index (κ1) is 11.8. The normalized spacial score (nSPS) is 19.3. The highest BCUT2D eigenvalue weighted by atomic mass is 16.2. The van der Waals surface area contributed by atoms with Gasteiger partial charge in [0.05, 0.1) is 0 Å². The molecule has 1 rings (SSSR count). The van der Waals surface area contributed by atoms with Crippen LogP contribution in [0.3, 0.4) is 0 Å². The minimum absolute atomic E-state index is 0.518. The quantitative estimate of drug-likeness (QED) is 0.684. The monoisotopic (exact) mass is 209 g/mol. The molecule has 1 fully saturated rings. The van der Waals surface area contributed by atoms with Gasteiger partial charge in [0, 0.05) is 24.4 Å². The van der Waals surface area contributed by atoms with Crippen molar-refractivity contribution in [1.82, 2.24) is 5.32 Å². The van der Waals surface area contributed by atoms with Crippen molar-refractivity contribution < 1.29 is 4.79 Å². The van der Waals surface area contributed by atoms with Crippen molar-refractivity contribution in [1.29, 1.82) is 0 Å². The lowest BCUT2D eigenvalue weighted by atomic mass is 9.79. The number of primary amides is 1. The Morgan fingerprint density at radius 2 is 2.00 bits per heavy atom. The van der Waals surface area contributed by atoms with Crippen molar-refractivity contribution in [3.05, 3.63) is 11.3 Å². The van der Waals surface area contributed by atoms with Crippen molar-refractivity contribution in [2.24, 2.45) is 16.6 Å². The number of carbonyl (C=O) groups excluding carboxylic acids is 1. The third kappa shape index (κ3) is 2.81. The van der Waals surface area contributed by atoms with Crippen LogP contribution in [0.25, 0.3) is 0 Å². The van der Waals surface area contributed by atoms with Crippen LogP contribution in [0, 0.1) is 5.92 Å². The number of rotatable bonds is 3. The van der Waals surface area contributed by atoms with Crippen LogP contribution in [0.2, 0.25) is 0 Å². The van der Waals surface area contributed by atoms with E-state index in [-0.39, 0.29) is 0 Å². The van der Waals surface area contributed by atoms with Gasteiger partial charge in [-0.25, -0.2) is 4.79 Å². The van der Waals surface area contributed by atoms with Gasteiger partial charge in [-0.05, 0) is 32.3 Å². The summed E-state index contributed by atoms with van der Waals surface area (Å²) in [7, 11) is 1.80. The smallest absolute Gasteiger partial charge is 0.316 e. The zero-order valence-corrected chi connectivity index (χ0v) is 9.63. The maximum atomic E-state index is 10.7. The number of nitrogens with zero attached hydrogens (tertiary/aromatic N) is 1. The zero-order chi connectivity index (χ0) is 11.4. The topological polar surface area (TPSA) is 67.5 Å². The molecule has 0 aromatic heterocycles. The fourth-order valence-corrected chi connectivity index (χ4v) is 1.81. The van der Waals surface area contributed by atoms with Crippen LogP contribution < -0.4 is 11.1 Å². The Morgan fingerprint density at radius 3 is 2.33 bits per heavy atom. The molecule has 0 aromatic carbocycles. The summed E-state index contributed by atoms with van der Waals surface area (Å²) in [6.07, 6.45) is 3.68. The van der Waals surface area contributed by atoms with Crippen LogP contribution in [-0.4, -0.2) is 18.8 Å². The molecule has 0 atom stereocenters. The molecular weight excluding hydrogens is 190 g/mol. The van der Waals surface area contributed by atoms with Crippen LogP contribution in [0.4, 0.5) is 4.79 Å². The lowest BCUT2D eigenvalue weighted by Gasteiger charge is -2.28. The van der Waals surface area contributed by atoms with E-state index in [4.69, 9.17) is 5.73 Å². The molecule has 1 saturated carbocycles. The number of carbonyl (C=O) groups is 1. The average Bonchev–Trinajstić information content (AvgIpc) is 2.08. The Kier molecular flexibility index (Phi) is 3.88. The fourth-order valence-electron chi connectivity index (χ4n) is 1.81. The largest absolute Gasteiger partial charge is 0.351 e. The van der Waals surface area contributed by atoms with Crippen molar-refractivity contribution in [2.75, 3.05) is 7.05 Å². The van der Waals surface area contributed by atoms with Crippen LogP contribution in [-0.2, 0) is 0 Å². The fraction of sp³-hybridized carbons (Fsp3) is 0.636. The SMILES string of the molecule is C/N=C(\C(C)=C(/C)NC(N)=O)C1CCC1. The molecule has 0 aliphatic heterocycles. The summed E-state index contributed by atoms with van der Waals surface area (Å²) in [5.41, 5.74) is 8.02. The lowest BCUT2D eigenvalue weighted by Crippen LogP contribution is -2.31. The van der Waals surface area contributed by atoms with Crippen LogP contribution in [0.5, 0.6) is 0 Å². The second-order valence-electron chi connectivity index (χ2n) is 3.98. The van der Waals surface area contributed by atoms with Crippen molar-refractivity contribution in [3.63, 3.8) is 0 Å². The molecular formula is C11H19N3O. The summed E-state index contributed by atoms with van der Waals surface area (Å²) in [5.74, 6) is 0.569. The molecule has 84 valence electrons. The van der Waals surface area contributed by atoms with E-state index in [9.17, 15) is 4.79 Å². The van der Waals surface area contributed by atoms with E-state index < -0.39 is 6.03 Å². The van der Waals surface area contributed by atoms with Crippen LogP contribution in [0.15, 0.2) is 16.3 Å². The molecule has 1 aliphatic carbocycles. The molecule has 4 heteroatoms. The van der Waals surface area contributed by atoms with Crippen LogP contribution in [0.1, 0.15) is 33.1 Å². The minimum Gasteiger partial charge on any atom is -0.351 e. The van der Waals surface area contributed by atoms with Gasteiger partial charge in [0.1, 0.15) is 0 Å². The molecule has 0 heterocycles. The van der Waals surface area contributed by atoms with Crippen LogP contribution >= 0.6 is 0 Å². The minimum atomic E-state index is -0.518. The third-order valence-corrected chi connectivity index (χ3v) is 2.99. The van der Waals surface area contributed by atoms with Crippen molar-refractivity contribution >= 4 is 11.7 Å². The number of hydrogen-bond acceptors (Lipinski definition) is 2. The third-order valence-electron chi connectivity index (χ3n) is 2.99. The number of nitrogens with two attached hydrogens (primary N) is 1. The van der Waals surface area contributed by atoms with Crippen molar-refractivity contribution in [2.45, 2.75) is 33.1 Å². The van der Waals surface area contributed by atoms with Gasteiger partial charge >= 0.3 is 6.03 Å². The second-order valence-corrected chi connectivity index (χ2v) is 3.98. The predicted molar refractivity (Wildman–Crippen MR) is 61.8 cm³/mol. The number of allylic oxidation sites excluding steroid dienone is 2. The summed E-state index contributed by atoms with van der Waals surface area (Å²) < 4.78 is 0. The Hall–Kier alpha value is -1.32. The predicted octanol–water partition coefficient (Wildman–Crippen LogP) is 1.82. The number of urea groups is 1. The highest BCUT2D eigenvalue weighted by Crippen LogP contribution is 2.30. The standard InChI is InChI=1S/C11H19N3O/c1-7(8(2)14-11(12)15)10(13-3)9-5-4-6-9/h9H,4-6H2,1-3H3,(H3,12,14,15)/b8-7+,13-10+. The van der Waals surface area contributed by atoms with E-state index in [0.29, 0.717) is 5.92 Å². The molecule has 4 nitrogen and oxygen atoms in total. The first-order valence-corrected chi connectivity index (χ1v) is 5.27. The van der Waals surface area contributed by atoms with E-state index in [2.05, 4.69) is 10.3 Å². The Morgan fingerprint density at radius 1 is 1.40 bits per heavy atom. The molecule has 0 unspecified atom stereocenters. The molecule has 0 saturated heterocycles. The molecule has 0 aromatic rings. The summed E-state index contributed by atoms with van der Waals surface area (Å²) in [6.45, 7) is 3.83. The van der Waals surface area contributed by atoms with E-state index in [1.54, 1.807) is 7.05 Å². The van der Waals surface area contributed by atoms with Gasteiger partial charge in [-0.2, -0.15) is 0 Å². The van der Waals surface area contributed by atoms with Gasteiger partial charge in [-0.3, -0.25) is 4.99 Å². The molecule has 3 N–H and O–H groups in total. The van der Waals surface area contributed by atoms with Crippen molar-refractivity contribution in [3.8, 4) is 0 Å². The molecule has 0 spiro atoms. The maximum absolute atomic E-state index is 10.7. The number of nitrogens with one attached hydrogen (secondary N) is 1. The first-order chi connectivity index (χ1) is 7.06. The summed E-state index contributed by atoms with van der Waals surface area (Å²) in [4.78, 5) is 15.0. The second kappa shape index (κ2) is 4.96. The van der Waals surface area contributed by atoms with Gasteiger partial charge in [0.2, 0.25) is 0 Å². The van der Waals surface area contributed by atoms with E-state index in [1.807, 2.05) is 13.8 Å². The zero-order valence-electron chi connectivity index (χ0n) is 9.63. The van der Waals surface area contributed by atoms with Gasteiger partial charge in [0.15, 0.2) is 0 Å². The van der Waals surface area contributed by atoms with E-state index in [0.717, 1.165) is 17.0 Å². The Bertz CT molecular complexity index is 314. The lowest BCUT2D eigenvalue weighted by molar-refractivity contribution is 0.251. The van der Waals surface area contributed by atoms with Gasteiger partial charge < -0.3 is 11.1 Å². The molecule has 0 bridgehead atoms. The maximum Gasteiger partial charge on any atom is 0.316 e.